The zero-order chi connectivity index (χ0) is 12.2. The number of benzene rings is 1. The van der Waals surface area contributed by atoms with E-state index in [1.54, 1.807) is 6.07 Å². The molecule has 0 saturated carbocycles. The number of alkyl halides is 2. The second-order valence-electron chi connectivity index (χ2n) is 3.14. The highest BCUT2D eigenvalue weighted by Crippen LogP contribution is 2.32. The van der Waals surface area contributed by atoms with E-state index in [4.69, 9.17) is 0 Å². The molecule has 0 aliphatic heterocycles. The van der Waals surface area contributed by atoms with Crippen molar-refractivity contribution in [2.24, 2.45) is 0 Å². The lowest BCUT2D eigenvalue weighted by Gasteiger charge is -2.21. The summed E-state index contributed by atoms with van der Waals surface area (Å²) in [7, 11) is 0. The molecule has 3 nitrogen and oxygen atoms in total. The SMILES string of the molecule is CCOC(=O)C(O)C(F)(F)c1ccccc1. The quantitative estimate of drug-likeness (QED) is 0.801. The zero-order valence-electron chi connectivity index (χ0n) is 8.69. The van der Waals surface area contributed by atoms with E-state index in [0.29, 0.717) is 0 Å². The maximum absolute atomic E-state index is 13.6. The molecule has 1 unspecified atom stereocenters. The Labute approximate surface area is 91.7 Å². The van der Waals surface area contributed by atoms with Gasteiger partial charge in [0.2, 0.25) is 6.10 Å². The van der Waals surface area contributed by atoms with Crippen molar-refractivity contribution in [3.8, 4) is 0 Å². The van der Waals surface area contributed by atoms with E-state index in [2.05, 4.69) is 4.74 Å². The number of carbonyl (C=O) groups excluding carboxylic acids is 1. The first kappa shape index (κ1) is 12.6. The lowest BCUT2D eigenvalue weighted by atomic mass is 10.0. The van der Waals surface area contributed by atoms with E-state index in [1.807, 2.05) is 0 Å². The second kappa shape index (κ2) is 5.03. The summed E-state index contributed by atoms with van der Waals surface area (Å²) in [6.45, 7) is 1.42. The Balaban J connectivity index is 2.89. The number of aliphatic hydroxyl groups excluding tert-OH is 1. The molecule has 0 fully saturated rings. The summed E-state index contributed by atoms with van der Waals surface area (Å²) < 4.78 is 31.5. The van der Waals surface area contributed by atoms with E-state index in [9.17, 15) is 18.7 Å². The summed E-state index contributed by atoms with van der Waals surface area (Å²) in [5.41, 5.74) is -0.421. The molecule has 0 saturated heterocycles. The molecule has 1 aromatic rings. The number of hydrogen-bond donors (Lipinski definition) is 1. The van der Waals surface area contributed by atoms with Crippen LogP contribution < -0.4 is 0 Å². The first-order chi connectivity index (χ1) is 7.50. The molecule has 1 rings (SSSR count). The maximum atomic E-state index is 13.6. The smallest absolute Gasteiger partial charge is 0.341 e. The molecule has 0 aliphatic rings. The van der Waals surface area contributed by atoms with Crippen LogP contribution in [0.3, 0.4) is 0 Å². The van der Waals surface area contributed by atoms with Crippen LogP contribution in [0.2, 0.25) is 0 Å². The van der Waals surface area contributed by atoms with Gasteiger partial charge < -0.3 is 9.84 Å². The van der Waals surface area contributed by atoms with Crippen LogP contribution in [-0.4, -0.2) is 23.8 Å². The third-order valence-electron chi connectivity index (χ3n) is 2.01. The van der Waals surface area contributed by atoms with Crippen LogP contribution in [0.25, 0.3) is 0 Å². The fourth-order valence-corrected chi connectivity index (χ4v) is 1.19. The van der Waals surface area contributed by atoms with Gasteiger partial charge in [-0.25, -0.2) is 4.79 Å². The van der Waals surface area contributed by atoms with Crippen molar-refractivity contribution in [1.29, 1.82) is 0 Å². The van der Waals surface area contributed by atoms with Crippen LogP contribution >= 0.6 is 0 Å². The standard InChI is InChI=1S/C11H12F2O3/c1-2-16-10(15)9(14)11(12,13)8-6-4-3-5-7-8/h3-7,9,14H,2H2,1H3. The molecule has 0 aliphatic carbocycles. The van der Waals surface area contributed by atoms with Crippen molar-refractivity contribution < 1.29 is 23.4 Å². The predicted octanol–water partition coefficient (Wildman–Crippen LogP) is 1.70. The largest absolute Gasteiger partial charge is 0.464 e. The summed E-state index contributed by atoms with van der Waals surface area (Å²) in [5.74, 6) is -4.97. The Morgan fingerprint density at radius 2 is 2.00 bits per heavy atom. The van der Waals surface area contributed by atoms with Crippen LogP contribution in [0.1, 0.15) is 12.5 Å². The highest BCUT2D eigenvalue weighted by Gasteiger charge is 2.45. The number of rotatable bonds is 4. The summed E-state index contributed by atoms with van der Waals surface area (Å²) >= 11 is 0. The normalized spacial score (nSPS) is 13.2. The molecule has 1 atom stereocenters. The van der Waals surface area contributed by atoms with Crippen LogP contribution in [0.4, 0.5) is 8.78 Å². The third kappa shape index (κ3) is 2.55. The van der Waals surface area contributed by atoms with Gasteiger partial charge in [-0.3, -0.25) is 0 Å². The molecule has 16 heavy (non-hydrogen) atoms. The minimum atomic E-state index is -3.65. The average Bonchev–Trinajstić information content (AvgIpc) is 2.29. The Morgan fingerprint density at radius 1 is 1.44 bits per heavy atom. The van der Waals surface area contributed by atoms with E-state index in [1.165, 1.54) is 19.1 Å². The number of carbonyl (C=O) groups is 1. The van der Waals surface area contributed by atoms with Crippen LogP contribution in [0, 0.1) is 0 Å². The Kier molecular flexibility index (Phi) is 3.95. The maximum Gasteiger partial charge on any atom is 0.341 e. The molecule has 0 radical (unpaired) electrons. The van der Waals surface area contributed by atoms with E-state index in [-0.39, 0.29) is 6.61 Å². The summed E-state index contributed by atoms with van der Waals surface area (Å²) in [5, 5.41) is 9.21. The van der Waals surface area contributed by atoms with Crippen molar-refractivity contribution in [3.63, 3.8) is 0 Å². The molecule has 0 spiro atoms. The molecule has 0 bridgehead atoms. The van der Waals surface area contributed by atoms with Crippen molar-refractivity contribution in [2.45, 2.75) is 19.0 Å². The van der Waals surface area contributed by atoms with Gasteiger partial charge in [0.05, 0.1) is 6.61 Å². The molecule has 1 aromatic carbocycles. The molecule has 0 heterocycles. The highest BCUT2D eigenvalue weighted by atomic mass is 19.3. The Bertz CT molecular complexity index is 352. The number of aliphatic hydroxyl groups is 1. The van der Waals surface area contributed by atoms with Gasteiger partial charge in [-0.05, 0) is 6.92 Å². The lowest BCUT2D eigenvalue weighted by molar-refractivity contribution is -0.178. The predicted molar refractivity (Wildman–Crippen MR) is 53.0 cm³/mol. The molecular weight excluding hydrogens is 218 g/mol. The van der Waals surface area contributed by atoms with Crippen molar-refractivity contribution in [1.82, 2.24) is 0 Å². The van der Waals surface area contributed by atoms with E-state index >= 15 is 0 Å². The summed E-state index contributed by atoms with van der Waals surface area (Å²) in [4.78, 5) is 11.0. The number of halogens is 2. The Morgan fingerprint density at radius 3 is 2.50 bits per heavy atom. The van der Waals surface area contributed by atoms with Crippen LogP contribution in [0.5, 0.6) is 0 Å². The van der Waals surface area contributed by atoms with Gasteiger partial charge in [0.25, 0.3) is 0 Å². The van der Waals surface area contributed by atoms with Gasteiger partial charge in [0.1, 0.15) is 0 Å². The first-order valence-corrected chi connectivity index (χ1v) is 4.78. The fourth-order valence-electron chi connectivity index (χ4n) is 1.19. The van der Waals surface area contributed by atoms with Crippen LogP contribution in [0.15, 0.2) is 30.3 Å². The lowest BCUT2D eigenvalue weighted by Crippen LogP contribution is -2.39. The second-order valence-corrected chi connectivity index (χ2v) is 3.14. The van der Waals surface area contributed by atoms with Crippen molar-refractivity contribution in [3.05, 3.63) is 35.9 Å². The molecule has 88 valence electrons. The minimum absolute atomic E-state index is 0.0548. The number of ether oxygens (including phenoxy) is 1. The van der Waals surface area contributed by atoms with Crippen LogP contribution in [-0.2, 0) is 15.5 Å². The highest BCUT2D eigenvalue weighted by molar-refractivity contribution is 5.76. The fraction of sp³-hybridized carbons (Fsp3) is 0.364. The summed E-state index contributed by atoms with van der Waals surface area (Å²) in [6, 6.07) is 6.66. The molecule has 0 amide bonds. The van der Waals surface area contributed by atoms with Crippen molar-refractivity contribution in [2.75, 3.05) is 6.61 Å². The molecular formula is C11H12F2O3. The van der Waals surface area contributed by atoms with Gasteiger partial charge >= 0.3 is 11.9 Å². The molecule has 0 aromatic heterocycles. The third-order valence-corrected chi connectivity index (χ3v) is 2.01. The van der Waals surface area contributed by atoms with Gasteiger partial charge in [-0.2, -0.15) is 8.78 Å². The average molecular weight is 230 g/mol. The van der Waals surface area contributed by atoms with E-state index in [0.717, 1.165) is 12.1 Å². The monoisotopic (exact) mass is 230 g/mol. The van der Waals surface area contributed by atoms with Gasteiger partial charge in [0, 0.05) is 5.56 Å². The zero-order valence-corrected chi connectivity index (χ0v) is 8.69. The Hall–Kier alpha value is -1.49. The number of hydrogen-bond acceptors (Lipinski definition) is 3. The first-order valence-electron chi connectivity index (χ1n) is 4.78. The molecule has 1 N–H and O–H groups in total. The topological polar surface area (TPSA) is 46.5 Å². The summed E-state index contributed by atoms with van der Waals surface area (Å²) in [6.07, 6.45) is -2.48. The number of esters is 1. The van der Waals surface area contributed by atoms with Crippen molar-refractivity contribution >= 4 is 5.97 Å². The van der Waals surface area contributed by atoms with Gasteiger partial charge in [-0.15, -0.1) is 0 Å². The minimum Gasteiger partial charge on any atom is -0.464 e. The van der Waals surface area contributed by atoms with E-state index < -0.39 is 23.6 Å². The van der Waals surface area contributed by atoms with Gasteiger partial charge in [0.15, 0.2) is 0 Å². The van der Waals surface area contributed by atoms with Gasteiger partial charge in [-0.1, -0.05) is 30.3 Å². The molecule has 5 heteroatoms.